The Morgan fingerprint density at radius 3 is 2.93 bits per heavy atom. The summed E-state index contributed by atoms with van der Waals surface area (Å²) in [6, 6.07) is 8.19. The van der Waals surface area contributed by atoms with Crippen molar-refractivity contribution in [3.8, 4) is 5.75 Å². The van der Waals surface area contributed by atoms with Crippen molar-refractivity contribution in [3.63, 3.8) is 0 Å². The molecule has 1 atom stereocenters. The van der Waals surface area contributed by atoms with Crippen LogP contribution in [0.25, 0.3) is 0 Å². The molecule has 14 heavy (non-hydrogen) atoms. The van der Waals surface area contributed by atoms with E-state index in [-0.39, 0.29) is 0 Å². The molecule has 0 aromatic heterocycles. The number of hydrogen-bond donors (Lipinski definition) is 0. The van der Waals surface area contributed by atoms with E-state index in [1.165, 1.54) is 5.56 Å². The van der Waals surface area contributed by atoms with Gasteiger partial charge >= 0.3 is 0 Å². The highest BCUT2D eigenvalue weighted by molar-refractivity contribution is 5.50. The van der Waals surface area contributed by atoms with Crippen LogP contribution in [-0.4, -0.2) is 0 Å². The van der Waals surface area contributed by atoms with E-state index in [0.29, 0.717) is 5.92 Å². The first-order valence-corrected chi connectivity index (χ1v) is 4.77. The first-order chi connectivity index (χ1) is 6.95. The topological polar surface area (TPSA) is 9.23 Å². The molecule has 1 aromatic carbocycles. The summed E-state index contributed by atoms with van der Waals surface area (Å²) in [5.41, 5.74) is 1.26. The Labute approximate surface area is 83.0 Å². The lowest BCUT2D eigenvalue weighted by Crippen LogP contribution is -1.93. The summed E-state index contributed by atoms with van der Waals surface area (Å²) >= 11 is 0. The molecule has 0 radical (unpaired) electrons. The van der Waals surface area contributed by atoms with Gasteiger partial charge in [-0.25, -0.2) is 0 Å². The maximum Gasteiger partial charge on any atom is 0.131 e. The number of rotatable bonds is 0. The zero-order valence-corrected chi connectivity index (χ0v) is 7.68. The Bertz CT molecular complexity index is 452. The summed E-state index contributed by atoms with van der Waals surface area (Å²) in [6.07, 6.45) is 10.3. The fourth-order valence-corrected chi connectivity index (χ4v) is 1.90. The first kappa shape index (κ1) is 7.63. The van der Waals surface area contributed by atoms with Gasteiger partial charge in [-0.15, -0.1) is 0 Å². The van der Waals surface area contributed by atoms with Crippen molar-refractivity contribution in [2.24, 2.45) is 0 Å². The van der Waals surface area contributed by atoms with E-state index in [1.54, 1.807) is 0 Å². The smallest absolute Gasteiger partial charge is 0.131 e. The molecule has 0 amide bonds. The van der Waals surface area contributed by atoms with Crippen LogP contribution in [0.15, 0.2) is 60.4 Å². The van der Waals surface area contributed by atoms with Gasteiger partial charge in [-0.05, 0) is 12.1 Å². The highest BCUT2D eigenvalue weighted by Gasteiger charge is 2.26. The molecule has 0 spiro atoms. The fourth-order valence-electron chi connectivity index (χ4n) is 1.90. The standard InChI is InChI=1S/C13H10O/c1-2-6-10-11-7-4-5-9-13(11)14-12(10)8-3-1/h1-10H. The summed E-state index contributed by atoms with van der Waals surface area (Å²) in [7, 11) is 0. The number of ether oxygens (including phenoxy) is 1. The van der Waals surface area contributed by atoms with Crippen molar-refractivity contribution >= 4 is 0 Å². The minimum Gasteiger partial charge on any atom is -0.460 e. The quantitative estimate of drug-likeness (QED) is 0.598. The van der Waals surface area contributed by atoms with Gasteiger partial charge in [0.2, 0.25) is 0 Å². The third-order valence-electron chi connectivity index (χ3n) is 2.57. The largest absolute Gasteiger partial charge is 0.460 e. The molecular weight excluding hydrogens is 172 g/mol. The van der Waals surface area contributed by atoms with Crippen LogP contribution in [0.4, 0.5) is 0 Å². The predicted molar refractivity (Wildman–Crippen MR) is 56.2 cm³/mol. The molecule has 1 nitrogen and oxygen atoms in total. The second-order valence-corrected chi connectivity index (χ2v) is 3.46. The minimum atomic E-state index is 0.307. The van der Waals surface area contributed by atoms with Gasteiger partial charge in [-0.3, -0.25) is 0 Å². The molecule has 1 aliphatic heterocycles. The highest BCUT2D eigenvalue weighted by Crippen LogP contribution is 2.41. The Kier molecular flexibility index (Phi) is 1.57. The van der Waals surface area contributed by atoms with Crippen molar-refractivity contribution in [1.29, 1.82) is 0 Å². The first-order valence-electron chi connectivity index (χ1n) is 4.77. The molecule has 1 heterocycles. The normalized spacial score (nSPS) is 22.0. The molecule has 1 aromatic rings. The van der Waals surface area contributed by atoms with Crippen LogP contribution in [0.5, 0.6) is 5.75 Å². The molecule has 3 rings (SSSR count). The van der Waals surface area contributed by atoms with Crippen LogP contribution in [0.1, 0.15) is 11.5 Å². The highest BCUT2D eigenvalue weighted by atomic mass is 16.5. The van der Waals surface area contributed by atoms with Crippen molar-refractivity contribution in [2.45, 2.75) is 5.92 Å². The maximum absolute atomic E-state index is 5.75. The summed E-state index contributed by atoms with van der Waals surface area (Å²) in [5.74, 6) is 2.32. The monoisotopic (exact) mass is 182 g/mol. The van der Waals surface area contributed by atoms with Crippen molar-refractivity contribution < 1.29 is 4.74 Å². The average molecular weight is 182 g/mol. The molecule has 1 heteroatoms. The van der Waals surface area contributed by atoms with Gasteiger partial charge in [0.1, 0.15) is 11.5 Å². The lowest BCUT2D eigenvalue weighted by molar-refractivity contribution is 0.439. The van der Waals surface area contributed by atoms with E-state index in [2.05, 4.69) is 24.3 Å². The van der Waals surface area contributed by atoms with E-state index in [4.69, 9.17) is 4.74 Å². The van der Waals surface area contributed by atoms with Crippen LogP contribution in [0.2, 0.25) is 0 Å². The minimum absolute atomic E-state index is 0.307. The summed E-state index contributed by atoms with van der Waals surface area (Å²) in [5, 5.41) is 0. The van der Waals surface area contributed by atoms with Crippen molar-refractivity contribution in [2.75, 3.05) is 0 Å². The number of allylic oxidation sites excluding steroid dienone is 5. The molecule has 1 aliphatic carbocycles. The molecule has 0 saturated heterocycles. The molecular formula is C13H10O. The van der Waals surface area contributed by atoms with Crippen LogP contribution >= 0.6 is 0 Å². The molecule has 0 fully saturated rings. The van der Waals surface area contributed by atoms with E-state index >= 15 is 0 Å². The Hall–Kier alpha value is -1.76. The zero-order valence-electron chi connectivity index (χ0n) is 7.68. The number of para-hydroxylation sites is 1. The summed E-state index contributed by atoms with van der Waals surface area (Å²) < 4.78 is 5.75. The van der Waals surface area contributed by atoms with E-state index in [1.807, 2.05) is 30.4 Å². The number of fused-ring (bicyclic) bond motifs is 3. The van der Waals surface area contributed by atoms with Gasteiger partial charge in [-0.1, -0.05) is 42.5 Å². The molecule has 2 aliphatic rings. The molecule has 0 N–H and O–H groups in total. The number of benzene rings is 1. The Morgan fingerprint density at radius 1 is 1.00 bits per heavy atom. The van der Waals surface area contributed by atoms with Crippen LogP contribution in [0.3, 0.4) is 0 Å². The van der Waals surface area contributed by atoms with E-state index in [9.17, 15) is 0 Å². The SMILES string of the molecule is C1=CC=C2Oc3ccccc3C2C=C1. The summed E-state index contributed by atoms with van der Waals surface area (Å²) in [6.45, 7) is 0. The second-order valence-electron chi connectivity index (χ2n) is 3.46. The third kappa shape index (κ3) is 1.02. The van der Waals surface area contributed by atoms with E-state index < -0.39 is 0 Å². The third-order valence-corrected chi connectivity index (χ3v) is 2.57. The zero-order chi connectivity index (χ0) is 9.38. The summed E-state index contributed by atoms with van der Waals surface area (Å²) in [4.78, 5) is 0. The Balaban J connectivity index is 2.16. The second kappa shape index (κ2) is 2.88. The van der Waals surface area contributed by atoms with Gasteiger partial charge in [0, 0.05) is 5.56 Å². The van der Waals surface area contributed by atoms with Gasteiger partial charge < -0.3 is 4.74 Å². The lowest BCUT2D eigenvalue weighted by atomic mass is 9.99. The Morgan fingerprint density at radius 2 is 1.93 bits per heavy atom. The van der Waals surface area contributed by atoms with Crippen LogP contribution in [0, 0.1) is 0 Å². The van der Waals surface area contributed by atoms with Gasteiger partial charge in [-0.2, -0.15) is 0 Å². The molecule has 0 saturated carbocycles. The van der Waals surface area contributed by atoms with Gasteiger partial charge in [0.15, 0.2) is 0 Å². The van der Waals surface area contributed by atoms with Crippen molar-refractivity contribution in [1.82, 2.24) is 0 Å². The number of hydrogen-bond acceptors (Lipinski definition) is 1. The van der Waals surface area contributed by atoms with E-state index in [0.717, 1.165) is 11.5 Å². The fraction of sp³-hybridized carbons (Fsp3) is 0.0769. The van der Waals surface area contributed by atoms with Crippen LogP contribution in [-0.2, 0) is 0 Å². The van der Waals surface area contributed by atoms with Gasteiger partial charge in [0.25, 0.3) is 0 Å². The van der Waals surface area contributed by atoms with Gasteiger partial charge in [0.05, 0.1) is 5.92 Å². The molecule has 1 unspecified atom stereocenters. The predicted octanol–water partition coefficient (Wildman–Crippen LogP) is 3.17. The maximum atomic E-state index is 5.75. The van der Waals surface area contributed by atoms with Crippen molar-refractivity contribution in [3.05, 3.63) is 66.0 Å². The molecule has 0 bridgehead atoms. The van der Waals surface area contributed by atoms with Crippen LogP contribution < -0.4 is 4.74 Å². The molecule has 68 valence electrons. The lowest BCUT2D eigenvalue weighted by Gasteiger charge is -2.02. The average Bonchev–Trinajstić information content (AvgIpc) is 2.42.